The molecule has 1 heterocycles. The molecule has 1 aliphatic carbocycles. The largest absolute Gasteiger partial charge is 0.350 e. The molecule has 0 spiro atoms. The van der Waals surface area contributed by atoms with Crippen LogP contribution in [-0.4, -0.2) is 29.0 Å². The van der Waals surface area contributed by atoms with Gasteiger partial charge in [0.1, 0.15) is 0 Å². The van der Waals surface area contributed by atoms with Gasteiger partial charge in [0, 0.05) is 37.5 Å². The molecule has 1 amide bonds. The highest BCUT2D eigenvalue weighted by Gasteiger charge is 2.21. The lowest BCUT2D eigenvalue weighted by molar-refractivity contribution is -0.119. The fourth-order valence-electron chi connectivity index (χ4n) is 3.07. The van der Waals surface area contributed by atoms with Gasteiger partial charge in [0.2, 0.25) is 11.9 Å². The van der Waals surface area contributed by atoms with Crippen LogP contribution in [0.3, 0.4) is 0 Å². The smallest absolute Gasteiger partial charge is 0.225 e. The van der Waals surface area contributed by atoms with E-state index < -0.39 is 0 Å². The molecule has 1 aromatic rings. The van der Waals surface area contributed by atoms with Crippen molar-refractivity contribution in [1.82, 2.24) is 15.3 Å². The van der Waals surface area contributed by atoms with Gasteiger partial charge in [0.25, 0.3) is 0 Å². The van der Waals surface area contributed by atoms with Gasteiger partial charge in [-0.2, -0.15) is 0 Å². The molecule has 1 unspecified atom stereocenters. The fourth-order valence-corrected chi connectivity index (χ4v) is 3.07. The standard InChI is InChI=1S/C16H26N4O/c1-11(18-13(3)21)15-10-17-16(19-12(15)2)20(4)14-8-6-5-7-9-14/h10-11,14H,5-9H2,1-4H3,(H,18,21). The zero-order chi connectivity index (χ0) is 15.4. The van der Waals surface area contributed by atoms with E-state index in [1.807, 2.05) is 20.0 Å². The molecular formula is C16H26N4O. The Bertz CT molecular complexity index is 497. The van der Waals surface area contributed by atoms with E-state index >= 15 is 0 Å². The van der Waals surface area contributed by atoms with Crippen molar-refractivity contribution in [3.8, 4) is 0 Å². The lowest BCUT2D eigenvalue weighted by atomic mass is 9.95. The van der Waals surface area contributed by atoms with Crippen LogP contribution in [0.2, 0.25) is 0 Å². The minimum absolute atomic E-state index is 0.0368. The molecule has 1 saturated carbocycles. The first-order chi connectivity index (χ1) is 9.99. The molecule has 21 heavy (non-hydrogen) atoms. The summed E-state index contributed by atoms with van der Waals surface area (Å²) in [4.78, 5) is 22.5. The molecule has 1 fully saturated rings. The lowest BCUT2D eigenvalue weighted by Gasteiger charge is -2.31. The summed E-state index contributed by atoms with van der Waals surface area (Å²) in [5.74, 6) is 0.753. The van der Waals surface area contributed by atoms with Gasteiger partial charge in [-0.1, -0.05) is 19.3 Å². The average Bonchev–Trinajstić information content (AvgIpc) is 2.46. The van der Waals surface area contributed by atoms with Crippen LogP contribution in [0.25, 0.3) is 0 Å². The number of nitrogens with one attached hydrogen (secondary N) is 1. The highest BCUT2D eigenvalue weighted by molar-refractivity contribution is 5.73. The van der Waals surface area contributed by atoms with Gasteiger partial charge >= 0.3 is 0 Å². The number of carbonyl (C=O) groups is 1. The first-order valence-corrected chi connectivity index (χ1v) is 7.82. The van der Waals surface area contributed by atoms with E-state index in [4.69, 9.17) is 0 Å². The quantitative estimate of drug-likeness (QED) is 0.926. The SMILES string of the molecule is CC(=O)NC(C)c1cnc(N(C)C2CCCCC2)nc1C. The second kappa shape index (κ2) is 6.87. The van der Waals surface area contributed by atoms with Crippen molar-refractivity contribution in [2.75, 3.05) is 11.9 Å². The number of amides is 1. The number of hydrogen-bond donors (Lipinski definition) is 1. The molecule has 0 radical (unpaired) electrons. The number of carbonyl (C=O) groups excluding carboxylic acids is 1. The molecular weight excluding hydrogens is 264 g/mol. The molecule has 0 aromatic carbocycles. The summed E-state index contributed by atoms with van der Waals surface area (Å²) in [6, 6.07) is 0.494. The normalized spacial score (nSPS) is 17.3. The van der Waals surface area contributed by atoms with E-state index in [-0.39, 0.29) is 11.9 Å². The predicted octanol–water partition coefficient (Wildman–Crippen LogP) is 2.75. The Morgan fingerprint density at radius 2 is 2.05 bits per heavy atom. The monoisotopic (exact) mass is 290 g/mol. The van der Waals surface area contributed by atoms with E-state index in [1.165, 1.54) is 39.0 Å². The number of aryl methyl sites for hydroxylation is 1. The summed E-state index contributed by atoms with van der Waals surface area (Å²) in [5.41, 5.74) is 1.91. The van der Waals surface area contributed by atoms with Gasteiger partial charge < -0.3 is 10.2 Å². The van der Waals surface area contributed by atoms with Crippen LogP contribution in [0.1, 0.15) is 63.3 Å². The Hall–Kier alpha value is -1.65. The summed E-state index contributed by atoms with van der Waals surface area (Å²) in [6.45, 7) is 5.46. The Balaban J connectivity index is 2.12. The molecule has 0 aliphatic heterocycles. The highest BCUT2D eigenvalue weighted by atomic mass is 16.1. The molecule has 1 atom stereocenters. The third-order valence-corrected chi connectivity index (χ3v) is 4.33. The summed E-state index contributed by atoms with van der Waals surface area (Å²) >= 11 is 0. The van der Waals surface area contributed by atoms with Crippen molar-refractivity contribution < 1.29 is 4.79 Å². The molecule has 0 bridgehead atoms. The Labute approximate surface area is 127 Å². The second-order valence-electron chi connectivity index (χ2n) is 6.04. The molecule has 5 nitrogen and oxygen atoms in total. The molecule has 1 N–H and O–H groups in total. The number of anilines is 1. The summed E-state index contributed by atoms with van der Waals surface area (Å²) in [5, 5.41) is 2.88. The van der Waals surface area contributed by atoms with Crippen LogP contribution >= 0.6 is 0 Å². The predicted molar refractivity (Wildman–Crippen MR) is 84.3 cm³/mol. The summed E-state index contributed by atoms with van der Waals surface area (Å²) in [6.07, 6.45) is 8.23. The van der Waals surface area contributed by atoms with Crippen molar-refractivity contribution in [3.05, 3.63) is 17.5 Å². The van der Waals surface area contributed by atoms with Gasteiger partial charge in [0.15, 0.2) is 0 Å². The Kier molecular flexibility index (Phi) is 5.15. The maximum absolute atomic E-state index is 11.2. The Morgan fingerprint density at radius 1 is 1.38 bits per heavy atom. The molecule has 0 saturated heterocycles. The van der Waals surface area contributed by atoms with Crippen molar-refractivity contribution in [3.63, 3.8) is 0 Å². The molecule has 5 heteroatoms. The topological polar surface area (TPSA) is 58.1 Å². The van der Waals surface area contributed by atoms with E-state index in [9.17, 15) is 4.79 Å². The zero-order valence-corrected chi connectivity index (χ0v) is 13.5. The zero-order valence-electron chi connectivity index (χ0n) is 13.5. The van der Waals surface area contributed by atoms with Crippen LogP contribution < -0.4 is 10.2 Å². The molecule has 116 valence electrons. The van der Waals surface area contributed by atoms with Gasteiger partial charge in [-0.05, 0) is 26.7 Å². The van der Waals surface area contributed by atoms with Crippen LogP contribution in [0.4, 0.5) is 5.95 Å². The maximum atomic E-state index is 11.2. The van der Waals surface area contributed by atoms with Crippen molar-refractivity contribution in [2.24, 2.45) is 0 Å². The van der Waals surface area contributed by atoms with Crippen molar-refractivity contribution >= 4 is 11.9 Å². The minimum atomic E-state index is -0.0588. The van der Waals surface area contributed by atoms with E-state index in [0.29, 0.717) is 6.04 Å². The van der Waals surface area contributed by atoms with Crippen LogP contribution in [0.5, 0.6) is 0 Å². The van der Waals surface area contributed by atoms with E-state index in [0.717, 1.165) is 17.2 Å². The number of aromatic nitrogens is 2. The second-order valence-corrected chi connectivity index (χ2v) is 6.04. The molecule has 1 aliphatic rings. The first kappa shape index (κ1) is 15.7. The summed E-state index contributed by atoms with van der Waals surface area (Å²) < 4.78 is 0. The third kappa shape index (κ3) is 3.93. The molecule has 1 aromatic heterocycles. The first-order valence-electron chi connectivity index (χ1n) is 7.82. The van der Waals surface area contributed by atoms with Crippen LogP contribution in [0, 0.1) is 6.92 Å². The highest BCUT2D eigenvalue weighted by Crippen LogP contribution is 2.25. The van der Waals surface area contributed by atoms with Crippen LogP contribution in [0.15, 0.2) is 6.20 Å². The maximum Gasteiger partial charge on any atom is 0.225 e. The summed E-state index contributed by atoms with van der Waals surface area (Å²) in [7, 11) is 2.09. The van der Waals surface area contributed by atoms with Crippen LogP contribution in [-0.2, 0) is 4.79 Å². The van der Waals surface area contributed by atoms with Gasteiger partial charge in [0.05, 0.1) is 6.04 Å². The van der Waals surface area contributed by atoms with Gasteiger partial charge in [-0.3, -0.25) is 4.79 Å². The fraction of sp³-hybridized carbons (Fsp3) is 0.688. The Morgan fingerprint density at radius 3 is 2.62 bits per heavy atom. The van der Waals surface area contributed by atoms with Gasteiger partial charge in [-0.25, -0.2) is 9.97 Å². The third-order valence-electron chi connectivity index (χ3n) is 4.33. The lowest BCUT2D eigenvalue weighted by Crippen LogP contribution is -2.35. The number of hydrogen-bond acceptors (Lipinski definition) is 4. The van der Waals surface area contributed by atoms with E-state index in [1.54, 1.807) is 0 Å². The molecule has 2 rings (SSSR count). The van der Waals surface area contributed by atoms with Gasteiger partial charge in [-0.15, -0.1) is 0 Å². The van der Waals surface area contributed by atoms with Crippen molar-refractivity contribution in [1.29, 1.82) is 0 Å². The van der Waals surface area contributed by atoms with E-state index in [2.05, 4.69) is 27.2 Å². The number of nitrogens with zero attached hydrogens (tertiary/aromatic N) is 3. The minimum Gasteiger partial charge on any atom is -0.350 e. The van der Waals surface area contributed by atoms with Crippen molar-refractivity contribution in [2.45, 2.75) is 65.0 Å². The number of rotatable bonds is 4. The average molecular weight is 290 g/mol.